The van der Waals surface area contributed by atoms with Crippen molar-refractivity contribution in [3.63, 3.8) is 0 Å². The largest absolute Gasteiger partial charge is 0.342 e. The molecule has 5 heteroatoms. The van der Waals surface area contributed by atoms with Gasteiger partial charge in [0.15, 0.2) is 0 Å². The summed E-state index contributed by atoms with van der Waals surface area (Å²) in [5, 5.41) is 2.83. The minimum atomic E-state index is -0.396. The molecule has 1 heterocycles. The van der Waals surface area contributed by atoms with Crippen molar-refractivity contribution in [2.24, 2.45) is 5.92 Å². The third-order valence-electron chi connectivity index (χ3n) is 3.01. The average Bonchev–Trinajstić information content (AvgIpc) is 2.24. The van der Waals surface area contributed by atoms with Gasteiger partial charge in [0.05, 0.1) is 6.54 Å². The summed E-state index contributed by atoms with van der Waals surface area (Å²) in [6.45, 7) is 10.1. The molecule has 1 aliphatic heterocycles. The van der Waals surface area contributed by atoms with Crippen LogP contribution in [0.4, 0.5) is 0 Å². The molecule has 4 nitrogen and oxygen atoms in total. The van der Waals surface area contributed by atoms with Crippen LogP contribution in [0.1, 0.15) is 33.6 Å². The third-order valence-corrected chi connectivity index (χ3v) is 3.26. The first kappa shape index (κ1) is 15.2. The number of halogens is 1. The summed E-state index contributed by atoms with van der Waals surface area (Å²) in [5.41, 5.74) is 0. The highest BCUT2D eigenvalue weighted by atomic mass is 79.9. The first-order chi connectivity index (χ1) is 8.36. The number of hydrogen-bond donors (Lipinski definition) is 1. The molecule has 0 spiro atoms. The molecule has 0 aliphatic carbocycles. The van der Waals surface area contributed by atoms with Gasteiger partial charge in [0.25, 0.3) is 0 Å². The highest BCUT2D eigenvalue weighted by molar-refractivity contribution is 9.11. The second-order valence-corrected chi connectivity index (χ2v) is 6.22. The second kappa shape index (κ2) is 6.36. The fourth-order valence-electron chi connectivity index (χ4n) is 2.23. The Labute approximate surface area is 117 Å². The van der Waals surface area contributed by atoms with Crippen LogP contribution in [0.2, 0.25) is 0 Å². The van der Waals surface area contributed by atoms with Crippen molar-refractivity contribution in [3.05, 3.63) is 11.1 Å². The number of nitrogens with one attached hydrogen (secondary N) is 1. The molecular weight excluding hydrogens is 296 g/mol. The molecule has 0 aromatic heterocycles. The number of piperazine rings is 1. The van der Waals surface area contributed by atoms with Crippen molar-refractivity contribution in [2.75, 3.05) is 6.54 Å². The van der Waals surface area contributed by atoms with Gasteiger partial charge in [0.2, 0.25) is 11.8 Å². The SMILES string of the molecule is C=C(Br)CN1C(=O)C(CC(C)C)NC(=O)C1CC. The molecule has 0 saturated carbocycles. The number of amides is 2. The van der Waals surface area contributed by atoms with Gasteiger partial charge in [-0.25, -0.2) is 0 Å². The van der Waals surface area contributed by atoms with E-state index in [0.29, 0.717) is 29.8 Å². The van der Waals surface area contributed by atoms with Gasteiger partial charge in [0.1, 0.15) is 12.1 Å². The smallest absolute Gasteiger partial charge is 0.246 e. The molecule has 0 aromatic carbocycles. The van der Waals surface area contributed by atoms with Crippen LogP contribution < -0.4 is 5.32 Å². The molecule has 1 saturated heterocycles. The molecule has 0 bridgehead atoms. The second-order valence-electron chi connectivity index (χ2n) is 5.10. The zero-order chi connectivity index (χ0) is 13.9. The molecular formula is C13H21BrN2O2. The van der Waals surface area contributed by atoms with Crippen LogP contribution in [-0.2, 0) is 9.59 Å². The molecule has 1 N–H and O–H groups in total. The lowest BCUT2D eigenvalue weighted by Crippen LogP contribution is -2.63. The van der Waals surface area contributed by atoms with E-state index < -0.39 is 6.04 Å². The number of carbonyl (C=O) groups excluding carboxylic acids is 2. The lowest BCUT2D eigenvalue weighted by Gasteiger charge is -2.39. The Morgan fingerprint density at radius 2 is 2.11 bits per heavy atom. The number of carbonyl (C=O) groups is 2. The highest BCUT2D eigenvalue weighted by Crippen LogP contribution is 2.19. The van der Waals surface area contributed by atoms with Crippen LogP contribution in [0.15, 0.2) is 11.1 Å². The predicted octanol–water partition coefficient (Wildman–Crippen LogP) is 2.05. The average molecular weight is 317 g/mol. The molecule has 0 radical (unpaired) electrons. The maximum Gasteiger partial charge on any atom is 0.246 e. The van der Waals surface area contributed by atoms with Crippen molar-refractivity contribution in [2.45, 2.75) is 45.7 Å². The normalized spacial score (nSPS) is 24.4. The standard InChI is InChI=1S/C13H21BrN2O2/c1-5-11-12(17)15-10(6-8(2)3)13(18)16(11)7-9(4)14/h8,10-11H,4-7H2,1-3H3,(H,15,17). The third kappa shape index (κ3) is 3.57. The number of nitrogens with zero attached hydrogens (tertiary/aromatic N) is 1. The molecule has 1 rings (SSSR count). The Hall–Kier alpha value is -0.840. The maximum absolute atomic E-state index is 12.4. The molecule has 1 aliphatic rings. The van der Waals surface area contributed by atoms with Gasteiger partial charge in [-0.2, -0.15) is 0 Å². The van der Waals surface area contributed by atoms with Gasteiger partial charge in [0, 0.05) is 4.48 Å². The summed E-state index contributed by atoms with van der Waals surface area (Å²) in [5.74, 6) is 0.304. The van der Waals surface area contributed by atoms with Gasteiger partial charge in [-0.05, 0) is 18.8 Å². The zero-order valence-corrected chi connectivity index (χ0v) is 12.8. The van der Waals surface area contributed by atoms with E-state index >= 15 is 0 Å². The van der Waals surface area contributed by atoms with E-state index in [9.17, 15) is 9.59 Å². The minimum absolute atomic E-state index is 0.00394. The van der Waals surface area contributed by atoms with E-state index in [1.165, 1.54) is 0 Å². The van der Waals surface area contributed by atoms with Crippen molar-refractivity contribution in [1.29, 1.82) is 0 Å². The summed E-state index contributed by atoms with van der Waals surface area (Å²) < 4.78 is 0.715. The minimum Gasteiger partial charge on any atom is -0.342 e. The first-order valence-corrected chi connectivity index (χ1v) is 7.10. The summed E-state index contributed by atoms with van der Waals surface area (Å²) >= 11 is 3.26. The van der Waals surface area contributed by atoms with Gasteiger partial charge in [-0.3, -0.25) is 9.59 Å². The molecule has 102 valence electrons. The lowest BCUT2D eigenvalue weighted by atomic mass is 9.97. The van der Waals surface area contributed by atoms with E-state index in [4.69, 9.17) is 0 Å². The van der Waals surface area contributed by atoms with Crippen molar-refractivity contribution < 1.29 is 9.59 Å². The summed E-state index contributed by atoms with van der Waals surface area (Å²) in [7, 11) is 0. The van der Waals surface area contributed by atoms with Crippen LogP contribution in [0.3, 0.4) is 0 Å². The van der Waals surface area contributed by atoms with Gasteiger partial charge >= 0.3 is 0 Å². The number of hydrogen-bond acceptors (Lipinski definition) is 2. The topological polar surface area (TPSA) is 49.4 Å². The van der Waals surface area contributed by atoms with Crippen LogP contribution in [-0.4, -0.2) is 35.3 Å². The van der Waals surface area contributed by atoms with Crippen LogP contribution >= 0.6 is 15.9 Å². The summed E-state index contributed by atoms with van der Waals surface area (Å²) in [6.07, 6.45) is 1.29. The first-order valence-electron chi connectivity index (χ1n) is 6.30. The monoisotopic (exact) mass is 316 g/mol. The van der Waals surface area contributed by atoms with Crippen LogP contribution in [0.25, 0.3) is 0 Å². The lowest BCUT2D eigenvalue weighted by molar-refractivity contribution is -0.149. The molecule has 0 aromatic rings. The van der Waals surface area contributed by atoms with Gasteiger partial charge in [-0.15, -0.1) is 0 Å². The summed E-state index contributed by atoms with van der Waals surface area (Å²) in [6, 6.07) is -0.776. The van der Waals surface area contributed by atoms with Crippen LogP contribution in [0, 0.1) is 5.92 Å². The number of rotatable bonds is 5. The fraction of sp³-hybridized carbons (Fsp3) is 0.692. The van der Waals surface area contributed by atoms with Crippen molar-refractivity contribution in [3.8, 4) is 0 Å². The zero-order valence-electron chi connectivity index (χ0n) is 11.2. The Bertz CT molecular complexity index is 355. The summed E-state index contributed by atoms with van der Waals surface area (Å²) in [4.78, 5) is 26.0. The Morgan fingerprint density at radius 3 is 2.56 bits per heavy atom. The van der Waals surface area contributed by atoms with E-state index in [1.54, 1.807) is 4.90 Å². The molecule has 2 atom stereocenters. The van der Waals surface area contributed by atoms with Gasteiger partial charge < -0.3 is 10.2 Å². The Balaban J connectivity index is 2.89. The van der Waals surface area contributed by atoms with Crippen LogP contribution in [0.5, 0.6) is 0 Å². The van der Waals surface area contributed by atoms with Gasteiger partial charge in [-0.1, -0.05) is 43.3 Å². The quantitative estimate of drug-likeness (QED) is 0.844. The van der Waals surface area contributed by atoms with E-state index in [-0.39, 0.29) is 17.9 Å². The molecule has 18 heavy (non-hydrogen) atoms. The van der Waals surface area contributed by atoms with E-state index in [1.807, 2.05) is 20.8 Å². The fourth-order valence-corrected chi connectivity index (χ4v) is 2.50. The Morgan fingerprint density at radius 1 is 1.50 bits per heavy atom. The van der Waals surface area contributed by atoms with Crippen molar-refractivity contribution >= 4 is 27.7 Å². The maximum atomic E-state index is 12.4. The van der Waals surface area contributed by atoms with E-state index in [2.05, 4.69) is 27.8 Å². The Kier molecular flexibility index (Phi) is 5.38. The highest BCUT2D eigenvalue weighted by Gasteiger charge is 2.39. The molecule has 1 fully saturated rings. The molecule has 2 amide bonds. The van der Waals surface area contributed by atoms with E-state index in [0.717, 1.165) is 0 Å². The molecule has 2 unspecified atom stereocenters. The predicted molar refractivity (Wildman–Crippen MR) is 75.2 cm³/mol. The van der Waals surface area contributed by atoms with Crippen molar-refractivity contribution in [1.82, 2.24) is 10.2 Å².